The number of rotatable bonds is 4. The van der Waals surface area contributed by atoms with E-state index in [-0.39, 0.29) is 6.54 Å². The molecule has 1 aliphatic heterocycles. The van der Waals surface area contributed by atoms with Crippen LogP contribution in [0.15, 0.2) is 30.3 Å². The Hall–Kier alpha value is -3.16. The van der Waals surface area contributed by atoms with Crippen LogP contribution in [0.2, 0.25) is 0 Å². The van der Waals surface area contributed by atoms with Crippen molar-refractivity contribution in [3.05, 3.63) is 47.2 Å². The van der Waals surface area contributed by atoms with Crippen molar-refractivity contribution in [2.24, 2.45) is 7.05 Å². The first kappa shape index (κ1) is 17.7. The van der Waals surface area contributed by atoms with E-state index < -0.39 is 23.4 Å². The number of nitrogens with zero attached hydrogens (tertiary/aromatic N) is 3. The molecule has 136 valence electrons. The Bertz CT molecular complexity index is 887. The summed E-state index contributed by atoms with van der Waals surface area (Å²) in [5.41, 5.74) is 1.29. The maximum absolute atomic E-state index is 12.8. The number of urea groups is 1. The number of amides is 4. The molecular weight excluding hydrogens is 334 g/mol. The molecule has 1 aliphatic rings. The second-order valence-electron chi connectivity index (χ2n) is 6.66. The van der Waals surface area contributed by atoms with Gasteiger partial charge in [-0.3, -0.25) is 19.2 Å². The van der Waals surface area contributed by atoms with Crippen LogP contribution in [-0.4, -0.2) is 39.1 Å². The normalized spacial score (nSPS) is 19.6. The topological polar surface area (TPSA) is 96.3 Å². The molecule has 1 saturated heterocycles. The Labute approximate surface area is 151 Å². The van der Waals surface area contributed by atoms with E-state index in [2.05, 4.69) is 15.7 Å². The van der Waals surface area contributed by atoms with Gasteiger partial charge in [-0.15, -0.1) is 0 Å². The van der Waals surface area contributed by atoms with Crippen molar-refractivity contribution < 1.29 is 14.4 Å². The van der Waals surface area contributed by atoms with Crippen LogP contribution in [0.1, 0.15) is 23.7 Å². The molecule has 1 atom stereocenters. The van der Waals surface area contributed by atoms with Crippen LogP contribution in [0.5, 0.6) is 0 Å². The second-order valence-corrected chi connectivity index (χ2v) is 6.66. The summed E-state index contributed by atoms with van der Waals surface area (Å²) in [5, 5.41) is 9.49. The summed E-state index contributed by atoms with van der Waals surface area (Å²) in [5.74, 6) is -0.423. The summed E-state index contributed by atoms with van der Waals surface area (Å²) in [6.45, 7) is 5.02. The molecule has 2 aromatic rings. The minimum atomic E-state index is -1.19. The number of carbonyl (C=O) groups excluding carboxylic acids is 3. The lowest BCUT2D eigenvalue weighted by molar-refractivity contribution is -0.133. The van der Waals surface area contributed by atoms with Crippen molar-refractivity contribution in [1.82, 2.24) is 20.0 Å². The number of nitrogens with one attached hydrogen (secondary N) is 2. The van der Waals surface area contributed by atoms with Gasteiger partial charge in [-0.2, -0.15) is 5.10 Å². The molecule has 0 radical (unpaired) electrons. The van der Waals surface area contributed by atoms with Crippen molar-refractivity contribution in [3.8, 4) is 0 Å². The molecule has 1 aromatic carbocycles. The molecule has 0 spiro atoms. The van der Waals surface area contributed by atoms with Crippen LogP contribution in [-0.2, 0) is 22.2 Å². The molecule has 2 heterocycles. The number of hydrogen-bond donors (Lipinski definition) is 2. The lowest BCUT2D eigenvalue weighted by Gasteiger charge is -2.22. The quantitative estimate of drug-likeness (QED) is 0.811. The van der Waals surface area contributed by atoms with Gasteiger partial charge in [0.15, 0.2) is 0 Å². The zero-order valence-corrected chi connectivity index (χ0v) is 15.2. The molecule has 3 rings (SSSR count). The highest BCUT2D eigenvalue weighted by atomic mass is 16.2. The van der Waals surface area contributed by atoms with Gasteiger partial charge in [0.2, 0.25) is 5.91 Å². The fourth-order valence-electron chi connectivity index (χ4n) is 2.98. The van der Waals surface area contributed by atoms with Gasteiger partial charge in [0.05, 0.1) is 5.69 Å². The summed E-state index contributed by atoms with van der Waals surface area (Å²) in [6.07, 6.45) is 0. The summed E-state index contributed by atoms with van der Waals surface area (Å²) >= 11 is 0. The molecule has 8 heteroatoms. The minimum absolute atomic E-state index is 0.365. The van der Waals surface area contributed by atoms with Gasteiger partial charge < -0.3 is 10.6 Å². The number of carbonyl (C=O) groups is 3. The van der Waals surface area contributed by atoms with Crippen molar-refractivity contribution in [1.29, 1.82) is 0 Å². The molecule has 8 nitrogen and oxygen atoms in total. The summed E-state index contributed by atoms with van der Waals surface area (Å²) in [6, 6.07) is 8.47. The Balaban J connectivity index is 1.75. The Morgan fingerprint density at radius 2 is 1.88 bits per heavy atom. The molecule has 4 amide bonds. The molecule has 2 N–H and O–H groups in total. The third kappa shape index (κ3) is 3.05. The molecule has 0 bridgehead atoms. The van der Waals surface area contributed by atoms with E-state index in [1.807, 2.05) is 19.1 Å². The standard InChI is InChI=1S/C18H21N5O3/c1-11-5-7-13(8-6-11)18(3)16(25)23(17(26)20-18)10-15(24)19-14-9-12(2)21-22(14)4/h5-9H,10H2,1-4H3,(H,19,24)(H,20,26). The van der Waals surface area contributed by atoms with Gasteiger partial charge in [-0.05, 0) is 26.3 Å². The number of aromatic nitrogens is 2. The number of benzene rings is 1. The van der Waals surface area contributed by atoms with E-state index in [9.17, 15) is 14.4 Å². The maximum Gasteiger partial charge on any atom is 0.325 e. The van der Waals surface area contributed by atoms with Crippen LogP contribution in [0, 0.1) is 13.8 Å². The van der Waals surface area contributed by atoms with Crippen LogP contribution >= 0.6 is 0 Å². The van der Waals surface area contributed by atoms with Gasteiger partial charge in [-0.1, -0.05) is 29.8 Å². The Kier molecular flexibility index (Phi) is 4.27. The number of anilines is 1. The van der Waals surface area contributed by atoms with Crippen LogP contribution < -0.4 is 10.6 Å². The van der Waals surface area contributed by atoms with Crippen molar-refractivity contribution in [2.75, 3.05) is 11.9 Å². The largest absolute Gasteiger partial charge is 0.325 e. The van der Waals surface area contributed by atoms with Crippen LogP contribution in [0.3, 0.4) is 0 Å². The summed E-state index contributed by atoms with van der Waals surface area (Å²) < 4.78 is 1.52. The Morgan fingerprint density at radius 3 is 2.46 bits per heavy atom. The van der Waals surface area contributed by atoms with E-state index in [1.165, 1.54) is 4.68 Å². The highest BCUT2D eigenvalue weighted by molar-refractivity contribution is 6.10. The van der Waals surface area contributed by atoms with Gasteiger partial charge >= 0.3 is 6.03 Å². The summed E-state index contributed by atoms with van der Waals surface area (Å²) in [4.78, 5) is 38.3. The van der Waals surface area contributed by atoms with Gasteiger partial charge in [-0.25, -0.2) is 4.79 Å². The predicted octanol–water partition coefficient (Wildman–Crippen LogP) is 1.44. The molecular formula is C18H21N5O3. The fourth-order valence-corrected chi connectivity index (χ4v) is 2.98. The Morgan fingerprint density at radius 1 is 1.23 bits per heavy atom. The molecule has 26 heavy (non-hydrogen) atoms. The highest BCUT2D eigenvalue weighted by Crippen LogP contribution is 2.28. The van der Waals surface area contributed by atoms with E-state index in [0.29, 0.717) is 11.4 Å². The fraction of sp³-hybridized carbons (Fsp3) is 0.333. The average molecular weight is 355 g/mol. The lowest BCUT2D eigenvalue weighted by atomic mass is 9.91. The smallest absolute Gasteiger partial charge is 0.319 e. The van der Waals surface area contributed by atoms with E-state index in [1.54, 1.807) is 39.1 Å². The first-order valence-corrected chi connectivity index (χ1v) is 8.22. The second kappa shape index (κ2) is 6.29. The van der Waals surface area contributed by atoms with Crippen molar-refractivity contribution in [3.63, 3.8) is 0 Å². The SMILES string of the molecule is Cc1ccc(C2(C)NC(=O)N(CC(=O)Nc3cc(C)nn3C)C2=O)cc1. The predicted molar refractivity (Wildman–Crippen MR) is 95.4 cm³/mol. The molecule has 0 saturated carbocycles. The molecule has 0 aliphatic carbocycles. The first-order valence-electron chi connectivity index (χ1n) is 8.22. The van der Waals surface area contributed by atoms with E-state index in [0.717, 1.165) is 16.2 Å². The molecule has 1 unspecified atom stereocenters. The van der Waals surface area contributed by atoms with Gasteiger partial charge in [0, 0.05) is 13.1 Å². The molecule has 1 fully saturated rings. The van der Waals surface area contributed by atoms with E-state index in [4.69, 9.17) is 0 Å². The third-order valence-electron chi connectivity index (χ3n) is 4.48. The van der Waals surface area contributed by atoms with E-state index >= 15 is 0 Å². The average Bonchev–Trinajstić information content (AvgIpc) is 2.99. The minimum Gasteiger partial charge on any atom is -0.319 e. The van der Waals surface area contributed by atoms with Gasteiger partial charge in [0.25, 0.3) is 5.91 Å². The molecule has 1 aromatic heterocycles. The van der Waals surface area contributed by atoms with Gasteiger partial charge in [0.1, 0.15) is 17.9 Å². The first-order chi connectivity index (χ1) is 12.2. The summed E-state index contributed by atoms with van der Waals surface area (Å²) in [7, 11) is 1.70. The zero-order chi connectivity index (χ0) is 19.1. The van der Waals surface area contributed by atoms with Crippen LogP contribution in [0.4, 0.5) is 10.6 Å². The lowest BCUT2D eigenvalue weighted by Crippen LogP contribution is -2.42. The van der Waals surface area contributed by atoms with Crippen molar-refractivity contribution in [2.45, 2.75) is 26.3 Å². The number of hydrogen-bond acceptors (Lipinski definition) is 4. The van der Waals surface area contributed by atoms with Crippen LogP contribution in [0.25, 0.3) is 0 Å². The highest BCUT2D eigenvalue weighted by Gasteiger charge is 2.49. The third-order valence-corrected chi connectivity index (χ3v) is 4.48. The van der Waals surface area contributed by atoms with Crippen molar-refractivity contribution >= 4 is 23.7 Å². The maximum atomic E-state index is 12.8. The number of imide groups is 1. The number of aryl methyl sites for hydroxylation is 3. The zero-order valence-electron chi connectivity index (χ0n) is 15.2. The monoisotopic (exact) mass is 355 g/mol.